The lowest BCUT2D eigenvalue weighted by molar-refractivity contribution is 1.14. The molecule has 0 aromatic heterocycles. The number of nitrogen functional groups attached to an aromatic ring is 1. The fourth-order valence-electron chi connectivity index (χ4n) is 1.56. The van der Waals surface area contributed by atoms with Gasteiger partial charge in [0.2, 0.25) is 0 Å². The Morgan fingerprint density at radius 1 is 1.07 bits per heavy atom. The van der Waals surface area contributed by atoms with Gasteiger partial charge < -0.3 is 10.6 Å². The minimum absolute atomic E-state index is 0.839. The van der Waals surface area contributed by atoms with Crippen molar-refractivity contribution in [3.05, 3.63) is 36.4 Å². The first-order valence-electron chi connectivity index (χ1n) is 4.64. The second-order valence-electron chi connectivity index (χ2n) is 3.65. The van der Waals surface area contributed by atoms with E-state index in [-0.39, 0.29) is 0 Å². The first kappa shape index (κ1) is 8.88. The molecule has 0 spiro atoms. The molecule has 2 heteroatoms. The lowest BCUT2D eigenvalue weighted by Gasteiger charge is -2.13. The molecule has 0 heterocycles. The molecule has 0 bridgehead atoms. The van der Waals surface area contributed by atoms with E-state index in [0.717, 1.165) is 11.1 Å². The molecule has 2 rings (SSSR count). The van der Waals surface area contributed by atoms with E-state index in [0.29, 0.717) is 0 Å². The normalized spacial score (nSPS) is 10.4. The van der Waals surface area contributed by atoms with Gasteiger partial charge in [0.25, 0.3) is 0 Å². The molecule has 0 aliphatic heterocycles. The topological polar surface area (TPSA) is 29.3 Å². The molecular formula is C12H14N2. The number of hydrogen-bond acceptors (Lipinski definition) is 2. The minimum Gasteiger partial charge on any atom is -0.398 e. The third-order valence-electron chi connectivity index (χ3n) is 2.42. The van der Waals surface area contributed by atoms with E-state index >= 15 is 0 Å². The van der Waals surface area contributed by atoms with E-state index in [4.69, 9.17) is 5.73 Å². The quantitative estimate of drug-likeness (QED) is 0.693. The summed E-state index contributed by atoms with van der Waals surface area (Å²) in [6.07, 6.45) is 0. The molecule has 0 aliphatic carbocycles. The standard InChI is InChI=1S/C12H14N2/c1-14(2)10-7-6-9-4-3-5-12(13)11(9)8-10/h3-8H,13H2,1-2H3. The highest BCUT2D eigenvalue weighted by Gasteiger charge is 2.00. The fourth-order valence-corrected chi connectivity index (χ4v) is 1.56. The van der Waals surface area contributed by atoms with E-state index in [1.807, 2.05) is 26.2 Å². The molecule has 2 aromatic rings. The Bertz CT molecular complexity index is 461. The highest BCUT2D eigenvalue weighted by Crippen LogP contribution is 2.25. The van der Waals surface area contributed by atoms with Crippen LogP contribution in [0.3, 0.4) is 0 Å². The second-order valence-corrected chi connectivity index (χ2v) is 3.65. The molecule has 2 aromatic carbocycles. The third-order valence-corrected chi connectivity index (χ3v) is 2.42. The summed E-state index contributed by atoms with van der Waals surface area (Å²) in [5.74, 6) is 0. The zero-order valence-electron chi connectivity index (χ0n) is 8.49. The Hall–Kier alpha value is -1.70. The van der Waals surface area contributed by atoms with Crippen molar-refractivity contribution >= 4 is 22.1 Å². The number of nitrogens with two attached hydrogens (primary N) is 1. The van der Waals surface area contributed by atoms with Crippen LogP contribution in [-0.2, 0) is 0 Å². The number of anilines is 2. The van der Waals surface area contributed by atoms with Crippen molar-refractivity contribution in [2.24, 2.45) is 0 Å². The number of rotatable bonds is 1. The Labute approximate surface area is 83.9 Å². The van der Waals surface area contributed by atoms with Gasteiger partial charge in [-0.1, -0.05) is 18.2 Å². The molecule has 0 amide bonds. The second kappa shape index (κ2) is 3.22. The van der Waals surface area contributed by atoms with E-state index in [9.17, 15) is 0 Å². The van der Waals surface area contributed by atoms with Crippen LogP contribution in [0.5, 0.6) is 0 Å². The molecule has 0 saturated heterocycles. The van der Waals surface area contributed by atoms with Gasteiger partial charge >= 0.3 is 0 Å². The van der Waals surface area contributed by atoms with Crippen molar-refractivity contribution in [2.45, 2.75) is 0 Å². The van der Waals surface area contributed by atoms with Crippen molar-refractivity contribution in [3.8, 4) is 0 Å². The van der Waals surface area contributed by atoms with Gasteiger partial charge in [-0.25, -0.2) is 0 Å². The maximum atomic E-state index is 5.91. The zero-order valence-corrected chi connectivity index (χ0v) is 8.49. The molecule has 0 aliphatic rings. The van der Waals surface area contributed by atoms with Crippen LogP contribution >= 0.6 is 0 Å². The Morgan fingerprint density at radius 2 is 1.86 bits per heavy atom. The molecule has 0 unspecified atom stereocenters. The summed E-state index contributed by atoms with van der Waals surface area (Å²) in [5, 5.41) is 2.31. The molecule has 2 nitrogen and oxygen atoms in total. The van der Waals surface area contributed by atoms with Crippen molar-refractivity contribution in [1.29, 1.82) is 0 Å². The van der Waals surface area contributed by atoms with Crippen LogP contribution in [0.4, 0.5) is 11.4 Å². The van der Waals surface area contributed by atoms with E-state index in [2.05, 4.69) is 29.2 Å². The molecule has 0 radical (unpaired) electrons. The maximum Gasteiger partial charge on any atom is 0.0394 e. The zero-order chi connectivity index (χ0) is 10.1. The fraction of sp³-hybridized carbons (Fsp3) is 0.167. The number of nitrogens with zero attached hydrogens (tertiary/aromatic N) is 1. The summed E-state index contributed by atoms with van der Waals surface area (Å²) >= 11 is 0. The van der Waals surface area contributed by atoms with Crippen LogP contribution in [0.1, 0.15) is 0 Å². The van der Waals surface area contributed by atoms with Crippen molar-refractivity contribution in [3.63, 3.8) is 0 Å². The highest BCUT2D eigenvalue weighted by molar-refractivity contribution is 5.95. The monoisotopic (exact) mass is 186 g/mol. The Morgan fingerprint density at radius 3 is 2.57 bits per heavy atom. The van der Waals surface area contributed by atoms with Crippen molar-refractivity contribution in [1.82, 2.24) is 0 Å². The predicted octanol–water partition coefficient (Wildman–Crippen LogP) is 2.49. The largest absolute Gasteiger partial charge is 0.398 e. The molecule has 2 N–H and O–H groups in total. The van der Waals surface area contributed by atoms with Gasteiger partial charge in [-0.3, -0.25) is 0 Å². The summed E-state index contributed by atoms with van der Waals surface area (Å²) in [5.41, 5.74) is 7.92. The Balaban J connectivity index is 2.70. The summed E-state index contributed by atoms with van der Waals surface area (Å²) < 4.78 is 0. The molecule has 0 atom stereocenters. The predicted molar refractivity (Wildman–Crippen MR) is 62.7 cm³/mol. The number of hydrogen-bond donors (Lipinski definition) is 1. The summed E-state index contributed by atoms with van der Waals surface area (Å²) in [4.78, 5) is 2.08. The van der Waals surface area contributed by atoms with Gasteiger partial charge in [-0.15, -0.1) is 0 Å². The van der Waals surface area contributed by atoms with Crippen LogP contribution in [0.25, 0.3) is 10.8 Å². The van der Waals surface area contributed by atoms with Gasteiger partial charge in [0, 0.05) is 30.9 Å². The van der Waals surface area contributed by atoms with Gasteiger partial charge in [0.15, 0.2) is 0 Å². The SMILES string of the molecule is CN(C)c1ccc2cccc(N)c2c1. The van der Waals surface area contributed by atoms with Crippen LogP contribution < -0.4 is 10.6 Å². The van der Waals surface area contributed by atoms with E-state index in [1.54, 1.807) is 0 Å². The average molecular weight is 186 g/mol. The maximum absolute atomic E-state index is 5.91. The van der Waals surface area contributed by atoms with Crippen LogP contribution in [-0.4, -0.2) is 14.1 Å². The van der Waals surface area contributed by atoms with Crippen molar-refractivity contribution in [2.75, 3.05) is 24.7 Å². The summed E-state index contributed by atoms with van der Waals surface area (Å²) in [6, 6.07) is 12.3. The molecule has 14 heavy (non-hydrogen) atoms. The van der Waals surface area contributed by atoms with Crippen LogP contribution in [0.15, 0.2) is 36.4 Å². The smallest absolute Gasteiger partial charge is 0.0394 e. The first-order chi connectivity index (χ1) is 6.68. The molecule has 72 valence electrons. The minimum atomic E-state index is 0.839. The van der Waals surface area contributed by atoms with E-state index in [1.165, 1.54) is 11.1 Å². The van der Waals surface area contributed by atoms with Crippen LogP contribution in [0.2, 0.25) is 0 Å². The van der Waals surface area contributed by atoms with Gasteiger partial charge in [0.1, 0.15) is 0 Å². The Kier molecular flexibility index (Phi) is 2.04. The van der Waals surface area contributed by atoms with Gasteiger partial charge in [-0.2, -0.15) is 0 Å². The molecule has 0 fully saturated rings. The van der Waals surface area contributed by atoms with Gasteiger partial charge in [-0.05, 0) is 23.6 Å². The number of benzene rings is 2. The summed E-state index contributed by atoms with van der Waals surface area (Å²) in [7, 11) is 4.06. The number of fused-ring (bicyclic) bond motifs is 1. The van der Waals surface area contributed by atoms with Crippen LogP contribution in [0, 0.1) is 0 Å². The first-order valence-corrected chi connectivity index (χ1v) is 4.64. The highest BCUT2D eigenvalue weighted by atomic mass is 15.1. The summed E-state index contributed by atoms with van der Waals surface area (Å²) in [6.45, 7) is 0. The average Bonchev–Trinajstić information content (AvgIpc) is 2.18. The molecule has 0 saturated carbocycles. The lowest BCUT2D eigenvalue weighted by Crippen LogP contribution is -2.08. The molecular weight excluding hydrogens is 172 g/mol. The lowest BCUT2D eigenvalue weighted by atomic mass is 10.1. The van der Waals surface area contributed by atoms with E-state index < -0.39 is 0 Å². The van der Waals surface area contributed by atoms with Gasteiger partial charge in [0.05, 0.1) is 0 Å². The van der Waals surface area contributed by atoms with Crippen molar-refractivity contribution < 1.29 is 0 Å². The third kappa shape index (κ3) is 1.39.